The quantitative estimate of drug-likeness (QED) is 0.812. The molecule has 0 spiro atoms. The van der Waals surface area contributed by atoms with E-state index >= 15 is 0 Å². The van der Waals surface area contributed by atoms with Crippen LogP contribution >= 0.6 is 15.9 Å². The number of hydrogen-bond donors (Lipinski definition) is 1. The Kier molecular flexibility index (Phi) is 5.25. The number of aromatic nitrogens is 3. The van der Waals surface area contributed by atoms with Crippen molar-refractivity contribution in [1.82, 2.24) is 15.0 Å². The summed E-state index contributed by atoms with van der Waals surface area (Å²) in [4.78, 5) is 0. The van der Waals surface area contributed by atoms with Crippen molar-refractivity contribution in [2.45, 2.75) is 45.1 Å². The lowest BCUT2D eigenvalue weighted by molar-refractivity contribution is 0.531. The van der Waals surface area contributed by atoms with Crippen molar-refractivity contribution in [3.63, 3.8) is 0 Å². The van der Waals surface area contributed by atoms with E-state index in [1.54, 1.807) is 4.68 Å². The lowest BCUT2D eigenvalue weighted by Crippen LogP contribution is -2.15. The van der Waals surface area contributed by atoms with Crippen LogP contribution in [-0.4, -0.2) is 15.0 Å². The van der Waals surface area contributed by atoms with E-state index in [9.17, 15) is 0 Å². The van der Waals surface area contributed by atoms with Gasteiger partial charge in [-0.15, -0.1) is 5.10 Å². The molecule has 1 atom stereocenters. The van der Waals surface area contributed by atoms with Gasteiger partial charge in [-0.3, -0.25) is 0 Å². The van der Waals surface area contributed by atoms with Gasteiger partial charge < -0.3 is 5.73 Å². The van der Waals surface area contributed by atoms with Gasteiger partial charge in [0.1, 0.15) is 0 Å². The van der Waals surface area contributed by atoms with E-state index < -0.39 is 0 Å². The lowest BCUT2D eigenvalue weighted by Gasteiger charge is -2.11. The van der Waals surface area contributed by atoms with E-state index in [-0.39, 0.29) is 6.04 Å². The SMILES string of the molecule is CCCCCCC(N)c1c(Br)nnn1C. The Labute approximate surface area is 99.4 Å². The highest BCUT2D eigenvalue weighted by Crippen LogP contribution is 2.22. The molecule has 4 nitrogen and oxygen atoms in total. The molecule has 0 saturated heterocycles. The molecular weight excluding hydrogens is 256 g/mol. The summed E-state index contributed by atoms with van der Waals surface area (Å²) in [5.74, 6) is 0. The first-order chi connectivity index (χ1) is 7.16. The molecule has 1 unspecified atom stereocenters. The minimum absolute atomic E-state index is 0.0382. The summed E-state index contributed by atoms with van der Waals surface area (Å²) >= 11 is 3.37. The second kappa shape index (κ2) is 6.23. The monoisotopic (exact) mass is 274 g/mol. The number of halogens is 1. The molecule has 2 N–H and O–H groups in total. The van der Waals surface area contributed by atoms with Crippen LogP contribution in [0.15, 0.2) is 4.60 Å². The van der Waals surface area contributed by atoms with Crippen molar-refractivity contribution in [2.24, 2.45) is 12.8 Å². The van der Waals surface area contributed by atoms with Crippen LogP contribution in [0, 0.1) is 0 Å². The molecule has 15 heavy (non-hydrogen) atoms. The first-order valence-corrected chi connectivity index (χ1v) is 6.26. The molecule has 1 rings (SSSR count). The van der Waals surface area contributed by atoms with Crippen molar-refractivity contribution < 1.29 is 0 Å². The Bertz CT molecular complexity index is 278. The van der Waals surface area contributed by atoms with Crippen molar-refractivity contribution in [3.8, 4) is 0 Å². The van der Waals surface area contributed by atoms with Gasteiger partial charge in [-0.05, 0) is 22.4 Å². The predicted octanol–water partition coefficient (Wildman–Crippen LogP) is 2.55. The molecule has 0 aliphatic heterocycles. The van der Waals surface area contributed by atoms with Crippen LogP contribution in [0.25, 0.3) is 0 Å². The lowest BCUT2D eigenvalue weighted by atomic mass is 10.1. The Morgan fingerprint density at radius 3 is 2.67 bits per heavy atom. The zero-order valence-electron chi connectivity index (χ0n) is 9.41. The highest BCUT2D eigenvalue weighted by Gasteiger charge is 2.15. The third-order valence-electron chi connectivity index (χ3n) is 2.55. The third-order valence-corrected chi connectivity index (χ3v) is 3.11. The van der Waals surface area contributed by atoms with E-state index in [4.69, 9.17) is 5.73 Å². The molecule has 0 saturated carbocycles. The van der Waals surface area contributed by atoms with Crippen molar-refractivity contribution in [3.05, 3.63) is 10.3 Å². The number of aryl methyl sites for hydroxylation is 1. The van der Waals surface area contributed by atoms with Gasteiger partial charge >= 0.3 is 0 Å². The highest BCUT2D eigenvalue weighted by atomic mass is 79.9. The van der Waals surface area contributed by atoms with E-state index in [1.165, 1.54) is 25.7 Å². The van der Waals surface area contributed by atoms with Crippen molar-refractivity contribution in [2.75, 3.05) is 0 Å². The fourth-order valence-corrected chi connectivity index (χ4v) is 2.28. The molecule has 5 heteroatoms. The number of nitrogens with two attached hydrogens (primary N) is 1. The van der Waals surface area contributed by atoms with Crippen LogP contribution in [0.1, 0.15) is 50.8 Å². The predicted molar refractivity (Wildman–Crippen MR) is 64.4 cm³/mol. The summed E-state index contributed by atoms with van der Waals surface area (Å²) < 4.78 is 2.52. The normalized spacial score (nSPS) is 13.1. The zero-order valence-corrected chi connectivity index (χ0v) is 11.0. The van der Waals surface area contributed by atoms with Gasteiger partial charge in [-0.2, -0.15) is 0 Å². The molecule has 0 aliphatic carbocycles. The fourth-order valence-electron chi connectivity index (χ4n) is 1.66. The van der Waals surface area contributed by atoms with Crippen LogP contribution in [0.2, 0.25) is 0 Å². The van der Waals surface area contributed by atoms with Crippen molar-refractivity contribution >= 4 is 15.9 Å². The van der Waals surface area contributed by atoms with E-state index in [0.717, 1.165) is 16.7 Å². The number of rotatable bonds is 6. The van der Waals surface area contributed by atoms with Crippen LogP contribution in [0.4, 0.5) is 0 Å². The van der Waals surface area contributed by atoms with E-state index in [0.29, 0.717) is 0 Å². The first kappa shape index (κ1) is 12.6. The van der Waals surface area contributed by atoms with Gasteiger partial charge in [0.05, 0.1) is 5.69 Å². The average Bonchev–Trinajstić information content (AvgIpc) is 2.53. The van der Waals surface area contributed by atoms with E-state index in [1.807, 2.05) is 7.05 Å². The van der Waals surface area contributed by atoms with Crippen LogP contribution in [0.5, 0.6) is 0 Å². The minimum atomic E-state index is 0.0382. The maximum atomic E-state index is 6.09. The number of hydrogen-bond acceptors (Lipinski definition) is 3. The first-order valence-electron chi connectivity index (χ1n) is 5.47. The molecule has 0 fully saturated rings. The standard InChI is InChI=1S/C10H19BrN4/c1-3-4-5-6-7-8(12)9-10(11)13-14-15(9)2/h8H,3-7,12H2,1-2H3. The largest absolute Gasteiger partial charge is 0.323 e. The van der Waals surface area contributed by atoms with Gasteiger partial charge in [-0.25, -0.2) is 4.68 Å². The maximum absolute atomic E-state index is 6.09. The van der Waals surface area contributed by atoms with Gasteiger partial charge in [0.25, 0.3) is 0 Å². The summed E-state index contributed by atoms with van der Waals surface area (Å²) in [7, 11) is 1.87. The van der Waals surface area contributed by atoms with E-state index in [2.05, 4.69) is 33.2 Å². The molecule has 0 bridgehead atoms. The van der Waals surface area contributed by atoms with Gasteiger partial charge in [0, 0.05) is 13.1 Å². The molecule has 1 aromatic heterocycles. The molecular formula is C10H19BrN4. The summed E-state index contributed by atoms with van der Waals surface area (Å²) in [5, 5.41) is 7.85. The van der Waals surface area contributed by atoms with Gasteiger partial charge in [0.15, 0.2) is 4.60 Å². The van der Waals surface area contributed by atoms with Crippen molar-refractivity contribution in [1.29, 1.82) is 0 Å². The molecule has 86 valence electrons. The summed E-state index contributed by atoms with van der Waals surface area (Å²) in [6.07, 6.45) is 5.98. The fraction of sp³-hybridized carbons (Fsp3) is 0.800. The van der Waals surface area contributed by atoms with Gasteiger partial charge in [0.2, 0.25) is 0 Å². The van der Waals surface area contributed by atoms with Gasteiger partial charge in [-0.1, -0.05) is 37.8 Å². The Balaban J connectivity index is 2.43. The summed E-state index contributed by atoms with van der Waals surface area (Å²) in [5.41, 5.74) is 7.08. The highest BCUT2D eigenvalue weighted by molar-refractivity contribution is 9.10. The maximum Gasteiger partial charge on any atom is 0.153 e. The molecule has 0 aromatic carbocycles. The molecule has 1 aromatic rings. The van der Waals surface area contributed by atoms with Crippen LogP contribution in [0.3, 0.4) is 0 Å². The zero-order chi connectivity index (χ0) is 11.3. The molecule has 0 aliphatic rings. The second-order valence-electron chi connectivity index (χ2n) is 3.84. The minimum Gasteiger partial charge on any atom is -0.323 e. The second-order valence-corrected chi connectivity index (χ2v) is 4.60. The number of unbranched alkanes of at least 4 members (excludes halogenated alkanes) is 3. The average molecular weight is 275 g/mol. The summed E-state index contributed by atoms with van der Waals surface area (Å²) in [6, 6.07) is 0.0382. The Morgan fingerprint density at radius 1 is 1.40 bits per heavy atom. The smallest absolute Gasteiger partial charge is 0.153 e. The van der Waals surface area contributed by atoms with Crippen LogP contribution in [-0.2, 0) is 7.05 Å². The van der Waals surface area contributed by atoms with Crippen LogP contribution < -0.4 is 5.73 Å². The molecule has 1 heterocycles. The Morgan fingerprint density at radius 2 is 2.13 bits per heavy atom. The molecule has 0 radical (unpaired) electrons. The number of nitrogens with zero attached hydrogens (tertiary/aromatic N) is 3. The topological polar surface area (TPSA) is 56.7 Å². The summed E-state index contributed by atoms with van der Waals surface area (Å²) in [6.45, 7) is 2.21. The molecule has 0 amide bonds. The third kappa shape index (κ3) is 3.57. The Hall–Kier alpha value is -0.420.